The lowest BCUT2D eigenvalue weighted by Gasteiger charge is -2.34. The lowest BCUT2D eigenvalue weighted by atomic mass is 9.96. The molecular formula is C20H20F4N6O2. The Morgan fingerprint density at radius 3 is 2.72 bits per heavy atom. The molecule has 0 saturated carbocycles. The molecule has 1 saturated heterocycles. The molecule has 8 nitrogen and oxygen atoms in total. The van der Waals surface area contributed by atoms with Crippen LogP contribution in [0.3, 0.4) is 0 Å². The fraction of sp³-hybridized carbons (Fsp3) is 0.400. The number of aliphatic hydroxyl groups excluding tert-OH is 1. The highest BCUT2D eigenvalue weighted by Gasteiger charge is 2.32. The van der Waals surface area contributed by atoms with Crippen LogP contribution >= 0.6 is 0 Å². The zero-order chi connectivity index (χ0) is 23.0. The van der Waals surface area contributed by atoms with Crippen molar-refractivity contribution in [2.45, 2.75) is 32.2 Å². The first-order valence-electron chi connectivity index (χ1n) is 9.90. The van der Waals surface area contributed by atoms with Crippen LogP contribution in [0.5, 0.6) is 0 Å². The highest BCUT2D eigenvalue weighted by Crippen LogP contribution is 2.29. The smallest absolute Gasteiger partial charge is 0.391 e. The summed E-state index contributed by atoms with van der Waals surface area (Å²) in [7, 11) is 0. The molecule has 1 amide bonds. The quantitative estimate of drug-likeness (QED) is 0.591. The number of aromatic nitrogens is 4. The third kappa shape index (κ3) is 4.64. The van der Waals surface area contributed by atoms with Gasteiger partial charge in [-0.2, -0.15) is 18.3 Å². The molecule has 3 aromatic heterocycles. The fourth-order valence-corrected chi connectivity index (χ4v) is 3.54. The molecule has 3 aromatic rings. The predicted octanol–water partition coefficient (Wildman–Crippen LogP) is 3.11. The van der Waals surface area contributed by atoms with Gasteiger partial charge in [0.1, 0.15) is 23.9 Å². The Hall–Kier alpha value is -3.28. The summed E-state index contributed by atoms with van der Waals surface area (Å²) in [4.78, 5) is 22.2. The summed E-state index contributed by atoms with van der Waals surface area (Å²) in [6.07, 6.45) is -2.39. The van der Waals surface area contributed by atoms with E-state index in [1.165, 1.54) is 23.2 Å². The Balaban J connectivity index is 1.69. The number of likely N-dealkylation sites (tertiary alicyclic amines) is 1. The molecule has 1 aliphatic rings. The molecule has 0 spiro atoms. The largest absolute Gasteiger partial charge is 0.408 e. The maximum Gasteiger partial charge on any atom is 0.408 e. The molecule has 2 atom stereocenters. The topological polar surface area (TPSA) is 96.2 Å². The first-order chi connectivity index (χ1) is 15.1. The van der Waals surface area contributed by atoms with Crippen molar-refractivity contribution in [1.29, 1.82) is 0 Å². The van der Waals surface area contributed by atoms with E-state index in [-0.39, 0.29) is 40.7 Å². The summed E-state index contributed by atoms with van der Waals surface area (Å²) >= 11 is 0. The molecule has 1 aliphatic heterocycles. The van der Waals surface area contributed by atoms with Crippen molar-refractivity contribution >= 4 is 28.4 Å². The molecule has 170 valence electrons. The molecule has 2 N–H and O–H groups in total. The van der Waals surface area contributed by atoms with Crippen molar-refractivity contribution in [3.05, 3.63) is 42.1 Å². The first-order valence-corrected chi connectivity index (χ1v) is 9.90. The number of anilines is 2. The number of rotatable bonds is 4. The second kappa shape index (κ2) is 8.34. The van der Waals surface area contributed by atoms with Crippen molar-refractivity contribution in [1.82, 2.24) is 24.6 Å². The van der Waals surface area contributed by atoms with Gasteiger partial charge in [-0.15, -0.1) is 0 Å². The fourth-order valence-electron chi connectivity index (χ4n) is 3.54. The second-order valence-electron chi connectivity index (χ2n) is 7.78. The summed E-state index contributed by atoms with van der Waals surface area (Å²) < 4.78 is 53.2. The number of carbonyl (C=O) groups is 1. The molecule has 12 heteroatoms. The molecule has 4 rings (SSSR count). The van der Waals surface area contributed by atoms with E-state index in [0.717, 1.165) is 16.9 Å². The van der Waals surface area contributed by atoms with Crippen LogP contribution in [0.2, 0.25) is 0 Å². The highest BCUT2D eigenvalue weighted by atomic mass is 19.4. The van der Waals surface area contributed by atoms with Crippen LogP contribution in [0.4, 0.5) is 29.2 Å². The van der Waals surface area contributed by atoms with E-state index in [4.69, 9.17) is 0 Å². The average Bonchev–Trinajstić information content (AvgIpc) is 3.06. The number of carbonyl (C=O) groups excluding carboxylic acids is 1. The van der Waals surface area contributed by atoms with E-state index in [1.807, 2.05) is 6.92 Å². The Bertz CT molecular complexity index is 1130. The molecule has 1 fully saturated rings. The van der Waals surface area contributed by atoms with Crippen molar-refractivity contribution in [3.8, 4) is 0 Å². The van der Waals surface area contributed by atoms with Gasteiger partial charge in [-0.25, -0.2) is 9.37 Å². The number of aliphatic hydroxyl groups is 1. The number of hydrogen-bond donors (Lipinski definition) is 2. The maximum atomic E-state index is 13.1. The van der Waals surface area contributed by atoms with Gasteiger partial charge in [0.25, 0.3) is 5.91 Å². The number of hydrogen-bond acceptors (Lipinski definition) is 6. The maximum absolute atomic E-state index is 13.1. The molecule has 0 aliphatic carbocycles. The number of amides is 1. The van der Waals surface area contributed by atoms with Crippen LogP contribution < -0.4 is 5.32 Å². The normalized spacial score (nSPS) is 19.4. The van der Waals surface area contributed by atoms with Crippen LogP contribution in [-0.2, 0) is 6.54 Å². The Morgan fingerprint density at radius 1 is 1.28 bits per heavy atom. The zero-order valence-corrected chi connectivity index (χ0v) is 17.0. The summed E-state index contributed by atoms with van der Waals surface area (Å²) in [6, 6.07) is 3.72. The lowest BCUT2D eigenvalue weighted by molar-refractivity contribution is -0.141. The molecule has 0 bridgehead atoms. The number of nitrogens with zero attached hydrogens (tertiary/aromatic N) is 5. The van der Waals surface area contributed by atoms with E-state index in [1.54, 1.807) is 0 Å². The number of pyridine rings is 2. The number of nitrogens with one attached hydrogen (secondary N) is 1. The zero-order valence-electron chi connectivity index (χ0n) is 17.0. The number of piperidine rings is 1. The van der Waals surface area contributed by atoms with Gasteiger partial charge >= 0.3 is 6.18 Å². The molecule has 32 heavy (non-hydrogen) atoms. The van der Waals surface area contributed by atoms with Crippen molar-refractivity contribution < 1.29 is 27.5 Å². The van der Waals surface area contributed by atoms with Gasteiger partial charge in [-0.05, 0) is 30.5 Å². The summed E-state index contributed by atoms with van der Waals surface area (Å²) in [5.41, 5.74) is 0.00486. The third-order valence-electron chi connectivity index (χ3n) is 5.36. The van der Waals surface area contributed by atoms with Gasteiger partial charge in [0.2, 0.25) is 0 Å². The third-order valence-corrected chi connectivity index (χ3v) is 5.36. The Labute approximate surface area is 179 Å². The number of β-amino-alcohol motifs (C(OH)–C–C–N with tert-alkyl or cyclic N) is 1. The van der Waals surface area contributed by atoms with Gasteiger partial charge in [0.15, 0.2) is 5.82 Å². The summed E-state index contributed by atoms with van der Waals surface area (Å²) in [5.74, 6) is -0.771. The van der Waals surface area contributed by atoms with E-state index in [9.17, 15) is 27.5 Å². The van der Waals surface area contributed by atoms with Gasteiger partial charge in [-0.1, -0.05) is 6.92 Å². The van der Waals surface area contributed by atoms with Crippen LogP contribution in [0.1, 0.15) is 23.8 Å². The van der Waals surface area contributed by atoms with E-state index in [2.05, 4.69) is 20.4 Å². The monoisotopic (exact) mass is 452 g/mol. The standard InChI is InChI=1S/C20H20F4N6O2/c1-11-4-5-29(9-16(11)31)19(32)14-6-15-13(8-25-14)18(28-30(15)10-20(22,23)24)27-17-3-2-12(21)7-26-17/h2-3,6-8,11,16,31H,4-5,9-10H2,1H3,(H,26,27,28)/t11-,16+/m0/s1. The van der Waals surface area contributed by atoms with Crippen LogP contribution in [-0.4, -0.2) is 61.0 Å². The predicted molar refractivity (Wildman–Crippen MR) is 107 cm³/mol. The Morgan fingerprint density at radius 2 is 2.06 bits per heavy atom. The lowest BCUT2D eigenvalue weighted by Crippen LogP contribution is -2.46. The van der Waals surface area contributed by atoms with Crippen molar-refractivity contribution in [2.24, 2.45) is 5.92 Å². The van der Waals surface area contributed by atoms with E-state index >= 15 is 0 Å². The van der Waals surface area contributed by atoms with Crippen molar-refractivity contribution in [3.63, 3.8) is 0 Å². The molecule has 0 radical (unpaired) electrons. The molecular weight excluding hydrogens is 432 g/mol. The van der Waals surface area contributed by atoms with Gasteiger partial charge in [0.05, 0.1) is 23.2 Å². The number of alkyl halides is 3. The molecule has 0 unspecified atom stereocenters. The van der Waals surface area contributed by atoms with E-state index in [0.29, 0.717) is 13.0 Å². The summed E-state index contributed by atoms with van der Waals surface area (Å²) in [6.45, 7) is 1.06. The van der Waals surface area contributed by atoms with Crippen molar-refractivity contribution in [2.75, 3.05) is 18.4 Å². The summed E-state index contributed by atoms with van der Waals surface area (Å²) in [5, 5.41) is 17.0. The van der Waals surface area contributed by atoms with Gasteiger partial charge < -0.3 is 15.3 Å². The average molecular weight is 452 g/mol. The van der Waals surface area contributed by atoms with E-state index < -0.39 is 30.5 Å². The second-order valence-corrected chi connectivity index (χ2v) is 7.78. The van der Waals surface area contributed by atoms with Gasteiger partial charge in [-0.3, -0.25) is 14.5 Å². The van der Waals surface area contributed by atoms with Crippen LogP contribution in [0.25, 0.3) is 10.9 Å². The molecule has 0 aromatic carbocycles. The minimum absolute atomic E-state index is 0.0390. The first kappa shape index (κ1) is 21.9. The minimum Gasteiger partial charge on any atom is -0.391 e. The Kier molecular flexibility index (Phi) is 5.71. The van der Waals surface area contributed by atoms with Crippen LogP contribution in [0, 0.1) is 11.7 Å². The minimum atomic E-state index is -4.55. The highest BCUT2D eigenvalue weighted by molar-refractivity contribution is 5.98. The molecule has 4 heterocycles. The number of fused-ring (bicyclic) bond motifs is 1. The van der Waals surface area contributed by atoms with Gasteiger partial charge in [0, 0.05) is 19.3 Å². The van der Waals surface area contributed by atoms with Crippen LogP contribution in [0.15, 0.2) is 30.6 Å². The SMILES string of the molecule is C[C@H]1CCN(C(=O)c2cc3c(cn2)c(Nc2ccc(F)cn2)nn3CC(F)(F)F)C[C@H]1O. The number of halogens is 4.